The first-order chi connectivity index (χ1) is 11.4. The van der Waals surface area contributed by atoms with Gasteiger partial charge < -0.3 is 9.64 Å². The minimum atomic E-state index is -3.52. The number of anilines is 1. The maximum atomic E-state index is 12.9. The van der Waals surface area contributed by atoms with E-state index in [1.54, 1.807) is 23.1 Å². The molecule has 7 heteroatoms. The van der Waals surface area contributed by atoms with E-state index in [4.69, 9.17) is 4.74 Å². The van der Waals surface area contributed by atoms with Crippen molar-refractivity contribution in [1.82, 2.24) is 4.31 Å². The standard InChI is InChI=1S/C17H24N2O4S/c1-3-23-15-5-4-9-18(12-15)24(21,22)16-6-7-17-14(11-16)8-10-19(17)13(2)20/h6-7,11,15H,3-5,8-10,12H2,1-2H3/t15-/m1/s1. The summed E-state index contributed by atoms with van der Waals surface area (Å²) in [6.45, 7) is 5.61. The Bertz CT molecular complexity index is 730. The molecule has 1 saturated heterocycles. The zero-order chi connectivity index (χ0) is 17.3. The van der Waals surface area contributed by atoms with Crippen LogP contribution >= 0.6 is 0 Å². The van der Waals surface area contributed by atoms with Crippen molar-refractivity contribution in [2.75, 3.05) is 31.1 Å². The average Bonchev–Trinajstić information content (AvgIpc) is 2.98. The molecule has 2 aliphatic heterocycles. The number of hydrogen-bond donors (Lipinski definition) is 0. The number of benzene rings is 1. The zero-order valence-electron chi connectivity index (χ0n) is 14.2. The van der Waals surface area contributed by atoms with E-state index in [2.05, 4.69) is 0 Å². The quantitative estimate of drug-likeness (QED) is 0.828. The van der Waals surface area contributed by atoms with Gasteiger partial charge in [0.05, 0.1) is 11.0 Å². The van der Waals surface area contributed by atoms with E-state index in [9.17, 15) is 13.2 Å². The van der Waals surface area contributed by atoms with Crippen molar-refractivity contribution < 1.29 is 17.9 Å². The highest BCUT2D eigenvalue weighted by Crippen LogP contribution is 2.31. The summed E-state index contributed by atoms with van der Waals surface area (Å²) >= 11 is 0. The van der Waals surface area contributed by atoms with Crippen LogP contribution in [-0.2, 0) is 26.0 Å². The summed E-state index contributed by atoms with van der Waals surface area (Å²) < 4.78 is 33.0. The lowest BCUT2D eigenvalue weighted by Gasteiger charge is -2.31. The Morgan fingerprint density at radius 3 is 2.83 bits per heavy atom. The lowest BCUT2D eigenvalue weighted by Crippen LogP contribution is -2.43. The summed E-state index contributed by atoms with van der Waals surface area (Å²) in [5, 5.41) is 0. The van der Waals surface area contributed by atoms with Crippen molar-refractivity contribution in [1.29, 1.82) is 0 Å². The van der Waals surface area contributed by atoms with Crippen molar-refractivity contribution in [3.63, 3.8) is 0 Å². The van der Waals surface area contributed by atoms with Gasteiger partial charge in [0.15, 0.2) is 0 Å². The molecule has 0 aliphatic carbocycles. The number of fused-ring (bicyclic) bond motifs is 1. The second kappa shape index (κ2) is 6.82. The predicted octanol–water partition coefficient (Wildman–Crippen LogP) is 1.79. The van der Waals surface area contributed by atoms with E-state index < -0.39 is 10.0 Å². The summed E-state index contributed by atoms with van der Waals surface area (Å²) in [6.07, 6.45) is 2.38. The third kappa shape index (κ3) is 3.20. The number of ether oxygens (including phenoxy) is 1. The molecule has 24 heavy (non-hydrogen) atoms. The van der Waals surface area contributed by atoms with Crippen LogP contribution in [-0.4, -0.2) is 51.0 Å². The Labute approximate surface area is 143 Å². The van der Waals surface area contributed by atoms with Crippen molar-refractivity contribution in [3.8, 4) is 0 Å². The van der Waals surface area contributed by atoms with Gasteiger partial charge in [-0.15, -0.1) is 0 Å². The molecule has 0 saturated carbocycles. The Kier molecular flexibility index (Phi) is 4.94. The topological polar surface area (TPSA) is 66.9 Å². The number of piperidine rings is 1. The number of nitrogens with zero attached hydrogens (tertiary/aromatic N) is 2. The molecule has 0 bridgehead atoms. The first-order valence-corrected chi connectivity index (χ1v) is 9.90. The first kappa shape index (κ1) is 17.4. The van der Waals surface area contributed by atoms with Gasteiger partial charge in [-0.3, -0.25) is 4.79 Å². The second-order valence-electron chi connectivity index (χ2n) is 6.29. The van der Waals surface area contributed by atoms with Crippen molar-refractivity contribution in [3.05, 3.63) is 23.8 Å². The maximum Gasteiger partial charge on any atom is 0.243 e. The molecule has 0 unspecified atom stereocenters. The maximum absolute atomic E-state index is 12.9. The van der Waals surface area contributed by atoms with Crippen molar-refractivity contribution >= 4 is 21.6 Å². The van der Waals surface area contributed by atoms with Gasteiger partial charge in [-0.1, -0.05) is 0 Å². The molecule has 3 rings (SSSR count). The van der Waals surface area contributed by atoms with Crippen LogP contribution in [0.25, 0.3) is 0 Å². The highest BCUT2D eigenvalue weighted by molar-refractivity contribution is 7.89. The molecule has 2 aliphatic rings. The monoisotopic (exact) mass is 352 g/mol. The molecular formula is C17H24N2O4S. The second-order valence-corrected chi connectivity index (χ2v) is 8.23. The van der Waals surface area contributed by atoms with Gasteiger partial charge in [-0.25, -0.2) is 8.42 Å². The van der Waals surface area contributed by atoms with Gasteiger partial charge in [-0.2, -0.15) is 4.31 Å². The molecule has 0 radical (unpaired) electrons. The molecule has 1 aromatic rings. The Morgan fingerprint density at radius 2 is 2.12 bits per heavy atom. The Hall–Kier alpha value is -1.44. The zero-order valence-corrected chi connectivity index (χ0v) is 15.0. The van der Waals surface area contributed by atoms with Crippen LogP contribution in [0.15, 0.2) is 23.1 Å². The molecule has 1 atom stereocenters. The summed E-state index contributed by atoms with van der Waals surface area (Å²) in [6, 6.07) is 5.08. The van der Waals surface area contributed by atoms with Gasteiger partial charge in [0.25, 0.3) is 0 Å². The fraction of sp³-hybridized carbons (Fsp3) is 0.588. The lowest BCUT2D eigenvalue weighted by atomic mass is 10.1. The van der Waals surface area contributed by atoms with E-state index in [0.29, 0.717) is 37.6 Å². The summed E-state index contributed by atoms with van der Waals surface area (Å²) in [5.41, 5.74) is 1.75. The van der Waals surface area contributed by atoms with Crippen LogP contribution in [0.5, 0.6) is 0 Å². The van der Waals surface area contributed by atoms with Crippen molar-refractivity contribution in [2.45, 2.75) is 44.1 Å². The van der Waals surface area contributed by atoms with Crippen LogP contribution in [0.4, 0.5) is 5.69 Å². The minimum absolute atomic E-state index is 0.0139. The minimum Gasteiger partial charge on any atom is -0.377 e. The van der Waals surface area contributed by atoms with Crippen molar-refractivity contribution in [2.24, 2.45) is 0 Å². The number of sulfonamides is 1. The molecule has 132 valence electrons. The third-order valence-electron chi connectivity index (χ3n) is 4.71. The smallest absolute Gasteiger partial charge is 0.243 e. The Balaban J connectivity index is 1.84. The molecule has 1 aromatic carbocycles. The highest BCUT2D eigenvalue weighted by atomic mass is 32.2. The lowest BCUT2D eigenvalue weighted by molar-refractivity contribution is -0.116. The fourth-order valence-corrected chi connectivity index (χ4v) is 5.07. The van der Waals surface area contributed by atoms with Crippen LogP contribution in [0.2, 0.25) is 0 Å². The molecule has 0 spiro atoms. The van der Waals surface area contributed by atoms with Gasteiger partial charge in [0, 0.05) is 38.9 Å². The number of rotatable bonds is 4. The summed E-state index contributed by atoms with van der Waals surface area (Å²) in [7, 11) is -3.52. The number of carbonyl (C=O) groups excluding carboxylic acids is 1. The largest absolute Gasteiger partial charge is 0.377 e. The first-order valence-electron chi connectivity index (χ1n) is 8.46. The van der Waals surface area contributed by atoms with E-state index in [0.717, 1.165) is 24.1 Å². The molecule has 1 fully saturated rings. The average molecular weight is 352 g/mol. The predicted molar refractivity (Wildman–Crippen MR) is 91.6 cm³/mol. The molecular weight excluding hydrogens is 328 g/mol. The highest BCUT2D eigenvalue weighted by Gasteiger charge is 2.32. The summed E-state index contributed by atoms with van der Waals surface area (Å²) in [4.78, 5) is 13.6. The van der Waals surface area contributed by atoms with Crippen LogP contribution < -0.4 is 4.90 Å². The van der Waals surface area contributed by atoms with Gasteiger partial charge >= 0.3 is 0 Å². The van der Waals surface area contributed by atoms with E-state index in [1.807, 2.05) is 6.92 Å². The van der Waals surface area contributed by atoms with Gasteiger partial charge in [-0.05, 0) is 49.9 Å². The number of carbonyl (C=O) groups is 1. The van der Waals surface area contributed by atoms with Crippen LogP contribution in [0.3, 0.4) is 0 Å². The van der Waals surface area contributed by atoms with E-state index in [-0.39, 0.29) is 12.0 Å². The third-order valence-corrected chi connectivity index (χ3v) is 6.57. The van der Waals surface area contributed by atoms with Gasteiger partial charge in [0.2, 0.25) is 15.9 Å². The number of amides is 1. The Morgan fingerprint density at radius 1 is 1.33 bits per heavy atom. The fourth-order valence-electron chi connectivity index (χ4n) is 3.51. The molecule has 1 amide bonds. The SMILES string of the molecule is CCO[C@@H]1CCCN(S(=O)(=O)c2ccc3c(c2)CCN3C(C)=O)C1. The molecule has 6 nitrogen and oxygen atoms in total. The summed E-state index contributed by atoms with van der Waals surface area (Å²) in [5.74, 6) is -0.0139. The number of hydrogen-bond acceptors (Lipinski definition) is 4. The van der Waals surface area contributed by atoms with Crippen LogP contribution in [0, 0.1) is 0 Å². The van der Waals surface area contributed by atoms with E-state index >= 15 is 0 Å². The molecule has 0 aromatic heterocycles. The molecule has 0 N–H and O–H groups in total. The normalized spacial score (nSPS) is 21.8. The van der Waals surface area contributed by atoms with E-state index in [1.165, 1.54) is 11.2 Å². The van der Waals surface area contributed by atoms with Gasteiger partial charge in [0.1, 0.15) is 0 Å². The molecule has 2 heterocycles. The van der Waals surface area contributed by atoms with Crippen LogP contribution in [0.1, 0.15) is 32.3 Å².